The molecule has 3 nitrogen and oxygen atoms in total. The molecule has 0 saturated heterocycles. The number of aromatic amines is 1. The van der Waals surface area contributed by atoms with E-state index in [1.54, 1.807) is 0 Å². The summed E-state index contributed by atoms with van der Waals surface area (Å²) >= 11 is 0.828. The van der Waals surface area contributed by atoms with E-state index in [0.717, 1.165) is 16.5 Å². The summed E-state index contributed by atoms with van der Waals surface area (Å²) in [5.74, 6) is 0.521. The van der Waals surface area contributed by atoms with E-state index in [4.69, 9.17) is 1.41 Å². The van der Waals surface area contributed by atoms with Gasteiger partial charge in [0.05, 0.1) is 0 Å². The summed E-state index contributed by atoms with van der Waals surface area (Å²) in [6.45, 7) is 5.77. The highest BCUT2D eigenvalue weighted by molar-refractivity contribution is 7.02. The number of hydrogen-bond donors (Lipinski definition) is 1. The first-order valence-electron chi connectivity index (χ1n) is 3.46. The van der Waals surface area contributed by atoms with Gasteiger partial charge in [-0.2, -0.15) is 4.37 Å². The molecular formula is C6H10N2OS. The normalized spacial score (nSPS) is 13.3. The zero-order valence-electron chi connectivity index (χ0n) is 7.21. The van der Waals surface area contributed by atoms with Crippen molar-refractivity contribution >= 4 is 11.5 Å². The molecule has 0 aliphatic rings. The third-order valence-electron chi connectivity index (χ3n) is 1.08. The Balaban J connectivity index is 3.26. The second-order valence-electron chi connectivity index (χ2n) is 3.13. The fraction of sp³-hybridized carbons (Fsp3) is 0.667. The minimum absolute atomic E-state index is 0.221. The molecule has 0 bridgehead atoms. The van der Waals surface area contributed by atoms with Crippen LogP contribution >= 0.6 is 11.5 Å². The lowest BCUT2D eigenvalue weighted by Crippen LogP contribution is -2.14. The van der Waals surface area contributed by atoms with Crippen LogP contribution in [-0.2, 0) is 5.41 Å². The van der Waals surface area contributed by atoms with Gasteiger partial charge in [0.15, 0.2) is 1.41 Å². The minimum Gasteiger partial charge on any atom is -0.299 e. The molecule has 1 N–H and O–H groups in total. The van der Waals surface area contributed by atoms with Crippen molar-refractivity contribution in [3.8, 4) is 0 Å². The van der Waals surface area contributed by atoms with E-state index in [9.17, 15) is 4.79 Å². The molecule has 0 aliphatic heterocycles. The van der Waals surface area contributed by atoms with Crippen LogP contribution in [0.2, 0.25) is 1.41 Å². The van der Waals surface area contributed by atoms with Crippen molar-refractivity contribution in [1.82, 2.24) is 9.35 Å². The molecule has 1 aromatic rings. The van der Waals surface area contributed by atoms with Gasteiger partial charge in [-0.25, -0.2) is 0 Å². The Morgan fingerprint density at radius 2 is 2.30 bits per heavy atom. The van der Waals surface area contributed by atoms with E-state index in [0.29, 0.717) is 5.82 Å². The number of nitrogens with zero attached hydrogens (tertiary/aromatic N) is 1. The Morgan fingerprint density at radius 3 is 2.50 bits per heavy atom. The number of aromatic nitrogens is 2. The molecule has 0 amide bonds. The molecule has 10 heavy (non-hydrogen) atoms. The van der Waals surface area contributed by atoms with Crippen LogP contribution in [0.5, 0.6) is 0 Å². The zero-order valence-corrected chi connectivity index (χ0v) is 7.03. The molecule has 56 valence electrons. The zero-order chi connectivity index (χ0) is 8.65. The fourth-order valence-electron chi connectivity index (χ4n) is 0.514. The Labute approximate surface area is 64.7 Å². The molecule has 0 aromatic carbocycles. The molecule has 0 aliphatic carbocycles. The largest absolute Gasteiger partial charge is 0.323 e. The van der Waals surface area contributed by atoms with E-state index in [1.165, 1.54) is 0 Å². The predicted octanol–water partition coefficient (Wildman–Crippen LogP) is 1.13. The fourth-order valence-corrected chi connectivity index (χ4v) is 1.12. The average Bonchev–Trinajstić information content (AvgIpc) is 2.11. The van der Waals surface area contributed by atoms with Crippen LogP contribution in [0.1, 0.15) is 26.6 Å². The monoisotopic (exact) mass is 159 g/mol. The molecule has 0 fully saturated rings. The summed E-state index contributed by atoms with van der Waals surface area (Å²) in [6.07, 6.45) is 0. The SMILES string of the molecule is [2H]n1c(C(C)(C)C)nsc1=O. The van der Waals surface area contributed by atoms with E-state index in [1.807, 2.05) is 20.8 Å². The molecule has 0 spiro atoms. The number of H-pyrrole nitrogens is 1. The predicted molar refractivity (Wildman–Crippen MR) is 41.4 cm³/mol. The number of nitrogens with one attached hydrogen (secondary N) is 1. The maximum atomic E-state index is 10.8. The topological polar surface area (TPSA) is 45.8 Å². The lowest BCUT2D eigenvalue weighted by atomic mass is 9.96. The van der Waals surface area contributed by atoms with Gasteiger partial charge in [0.25, 0.3) is 0 Å². The number of rotatable bonds is 0. The molecule has 4 heteroatoms. The van der Waals surface area contributed by atoms with Crippen molar-refractivity contribution in [3.63, 3.8) is 0 Å². The molecule has 1 heterocycles. The van der Waals surface area contributed by atoms with Gasteiger partial charge >= 0.3 is 4.87 Å². The summed E-state index contributed by atoms with van der Waals surface area (Å²) in [6, 6.07) is 0. The lowest BCUT2D eigenvalue weighted by molar-refractivity contribution is 0.553. The van der Waals surface area contributed by atoms with Gasteiger partial charge in [0, 0.05) is 16.9 Å². The van der Waals surface area contributed by atoms with Crippen LogP contribution in [0.15, 0.2) is 4.79 Å². The standard InChI is InChI=1S/C6H10N2OS/c1-6(2,3)4-7-5(9)10-8-4/h1-3H3,(H,7,8,9)/i/hD. The summed E-state index contributed by atoms with van der Waals surface area (Å²) in [7, 11) is 0. The van der Waals surface area contributed by atoms with E-state index in [-0.39, 0.29) is 10.3 Å². The molecule has 1 aromatic heterocycles. The van der Waals surface area contributed by atoms with Gasteiger partial charge in [-0.05, 0) is 0 Å². The van der Waals surface area contributed by atoms with Crippen LogP contribution in [0.4, 0.5) is 0 Å². The Bertz CT molecular complexity index is 309. The van der Waals surface area contributed by atoms with Crippen molar-refractivity contribution in [1.29, 1.82) is 0 Å². The van der Waals surface area contributed by atoms with E-state index >= 15 is 0 Å². The second kappa shape index (κ2) is 2.20. The van der Waals surface area contributed by atoms with E-state index < -0.39 is 0 Å². The van der Waals surface area contributed by atoms with E-state index in [2.05, 4.69) is 4.37 Å². The van der Waals surface area contributed by atoms with Gasteiger partial charge < -0.3 is 0 Å². The maximum Gasteiger partial charge on any atom is 0.323 e. The van der Waals surface area contributed by atoms with Crippen molar-refractivity contribution in [2.24, 2.45) is 0 Å². The van der Waals surface area contributed by atoms with Crippen LogP contribution < -0.4 is 4.87 Å². The summed E-state index contributed by atoms with van der Waals surface area (Å²) in [5, 5.41) is 0. The highest BCUT2D eigenvalue weighted by Crippen LogP contribution is 2.16. The van der Waals surface area contributed by atoms with Crippen molar-refractivity contribution < 1.29 is 1.41 Å². The third kappa shape index (κ3) is 1.44. The highest BCUT2D eigenvalue weighted by Gasteiger charge is 2.17. The number of hydrogen-bond acceptors (Lipinski definition) is 3. The van der Waals surface area contributed by atoms with Gasteiger partial charge in [-0.3, -0.25) is 9.77 Å². The van der Waals surface area contributed by atoms with Crippen molar-refractivity contribution in [2.75, 3.05) is 0 Å². The van der Waals surface area contributed by atoms with Crippen LogP contribution in [-0.4, -0.2) is 9.35 Å². The molecule has 0 radical (unpaired) electrons. The van der Waals surface area contributed by atoms with Crippen LogP contribution in [0.3, 0.4) is 0 Å². The van der Waals surface area contributed by atoms with Gasteiger partial charge in [0.1, 0.15) is 5.82 Å². The van der Waals surface area contributed by atoms with Gasteiger partial charge in [0.2, 0.25) is 0 Å². The van der Waals surface area contributed by atoms with Crippen LogP contribution in [0, 0.1) is 0 Å². The first-order chi connectivity index (χ1) is 4.93. The molecule has 0 atom stereocenters. The third-order valence-corrected chi connectivity index (χ3v) is 1.59. The Hall–Kier alpha value is -0.640. The summed E-state index contributed by atoms with van der Waals surface area (Å²) in [5.41, 5.74) is -0.221. The first kappa shape index (κ1) is 6.09. The summed E-state index contributed by atoms with van der Waals surface area (Å²) in [4.78, 5) is 11.3. The lowest BCUT2D eigenvalue weighted by Gasteiger charge is -2.12. The summed E-state index contributed by atoms with van der Waals surface area (Å²) < 4.78 is 11.2. The highest BCUT2D eigenvalue weighted by atomic mass is 32.1. The van der Waals surface area contributed by atoms with Crippen molar-refractivity contribution in [3.05, 3.63) is 15.5 Å². The molecule has 1 rings (SSSR count). The smallest absolute Gasteiger partial charge is 0.299 e. The maximum absolute atomic E-state index is 10.8. The Morgan fingerprint density at radius 1 is 1.70 bits per heavy atom. The average molecular weight is 159 g/mol. The molecular weight excluding hydrogens is 148 g/mol. The van der Waals surface area contributed by atoms with Gasteiger partial charge in [-0.15, -0.1) is 0 Å². The van der Waals surface area contributed by atoms with Crippen LogP contribution in [0.25, 0.3) is 0 Å². The quantitative estimate of drug-likeness (QED) is 0.616. The Kier molecular flexibility index (Phi) is 1.34. The molecule has 0 unspecified atom stereocenters. The second-order valence-corrected chi connectivity index (χ2v) is 3.85. The molecule has 0 saturated carbocycles. The minimum atomic E-state index is -0.324. The van der Waals surface area contributed by atoms with Crippen molar-refractivity contribution in [2.45, 2.75) is 26.2 Å². The first-order valence-corrected chi connectivity index (χ1v) is 3.79. The van der Waals surface area contributed by atoms with Gasteiger partial charge in [-0.1, -0.05) is 20.8 Å².